The Morgan fingerprint density at radius 1 is 1.15 bits per heavy atom. The maximum Gasteiger partial charge on any atom is 0.0860 e. The summed E-state index contributed by atoms with van der Waals surface area (Å²) < 4.78 is 1.91. The van der Waals surface area contributed by atoms with Crippen molar-refractivity contribution in [2.75, 3.05) is 20.1 Å². The van der Waals surface area contributed by atoms with Gasteiger partial charge in [0.2, 0.25) is 0 Å². The van der Waals surface area contributed by atoms with Gasteiger partial charge >= 0.3 is 0 Å². The summed E-state index contributed by atoms with van der Waals surface area (Å²) in [5, 5.41) is 8.23. The van der Waals surface area contributed by atoms with Gasteiger partial charge in [-0.3, -0.25) is 4.68 Å². The van der Waals surface area contributed by atoms with Crippen molar-refractivity contribution in [3.05, 3.63) is 11.4 Å². The van der Waals surface area contributed by atoms with Crippen LogP contribution in [0.1, 0.15) is 17.8 Å². The zero-order valence-corrected chi connectivity index (χ0v) is 8.32. The Kier molecular flexibility index (Phi) is 2.31. The first-order chi connectivity index (χ1) is 6.27. The van der Waals surface area contributed by atoms with Crippen LogP contribution in [0.5, 0.6) is 0 Å². The molecule has 0 aliphatic carbocycles. The second kappa shape index (κ2) is 3.46. The molecule has 4 heteroatoms. The van der Waals surface area contributed by atoms with Crippen LogP contribution in [0.3, 0.4) is 0 Å². The second-order valence-corrected chi connectivity index (χ2v) is 3.76. The van der Waals surface area contributed by atoms with Crippen molar-refractivity contribution in [2.24, 2.45) is 7.05 Å². The molecule has 1 aromatic heterocycles. The lowest BCUT2D eigenvalue weighted by atomic mass is 10.1. The average Bonchev–Trinajstić information content (AvgIpc) is 2.40. The smallest absolute Gasteiger partial charge is 0.0860 e. The molecule has 1 aliphatic heterocycles. The summed E-state index contributed by atoms with van der Waals surface area (Å²) in [6, 6.07) is 0. The molecule has 1 aliphatic rings. The first kappa shape index (κ1) is 8.69. The number of aryl methyl sites for hydroxylation is 2. The van der Waals surface area contributed by atoms with Crippen molar-refractivity contribution in [1.82, 2.24) is 19.9 Å². The molecule has 2 rings (SSSR count). The molecule has 13 heavy (non-hydrogen) atoms. The van der Waals surface area contributed by atoms with Crippen LogP contribution in [0.15, 0.2) is 0 Å². The molecule has 0 bridgehead atoms. The second-order valence-electron chi connectivity index (χ2n) is 3.76. The lowest BCUT2D eigenvalue weighted by molar-refractivity contribution is 0.324. The summed E-state index contributed by atoms with van der Waals surface area (Å²) >= 11 is 0. The molecule has 2 heterocycles. The molecule has 0 saturated carbocycles. The number of hydrogen-bond acceptors (Lipinski definition) is 3. The quantitative estimate of drug-likeness (QED) is 0.573. The van der Waals surface area contributed by atoms with Gasteiger partial charge in [-0.1, -0.05) is 5.21 Å². The molecule has 0 fully saturated rings. The minimum atomic E-state index is 1.08. The van der Waals surface area contributed by atoms with Crippen LogP contribution in [0.25, 0.3) is 0 Å². The van der Waals surface area contributed by atoms with Crippen molar-refractivity contribution < 1.29 is 0 Å². The van der Waals surface area contributed by atoms with E-state index in [2.05, 4.69) is 22.3 Å². The van der Waals surface area contributed by atoms with Crippen LogP contribution in [0.4, 0.5) is 0 Å². The van der Waals surface area contributed by atoms with E-state index in [4.69, 9.17) is 0 Å². The third-order valence-electron chi connectivity index (χ3n) is 2.71. The number of fused-ring (bicyclic) bond motifs is 1. The summed E-state index contributed by atoms with van der Waals surface area (Å²) in [6.45, 7) is 2.30. The van der Waals surface area contributed by atoms with Gasteiger partial charge in [-0.05, 0) is 26.4 Å². The Labute approximate surface area is 78.5 Å². The van der Waals surface area contributed by atoms with Gasteiger partial charge in [0.25, 0.3) is 0 Å². The fourth-order valence-electron chi connectivity index (χ4n) is 1.84. The maximum absolute atomic E-state index is 4.18. The molecule has 0 atom stereocenters. The fourth-order valence-corrected chi connectivity index (χ4v) is 1.84. The number of rotatable bonds is 0. The van der Waals surface area contributed by atoms with E-state index in [0.717, 1.165) is 19.4 Å². The Morgan fingerprint density at radius 3 is 2.85 bits per heavy atom. The molecule has 0 saturated heterocycles. The zero-order valence-electron chi connectivity index (χ0n) is 8.32. The van der Waals surface area contributed by atoms with E-state index in [0.29, 0.717) is 0 Å². The predicted molar refractivity (Wildman–Crippen MR) is 50.5 cm³/mol. The largest absolute Gasteiger partial charge is 0.306 e. The maximum atomic E-state index is 4.18. The van der Waals surface area contributed by atoms with E-state index in [1.54, 1.807) is 0 Å². The van der Waals surface area contributed by atoms with E-state index >= 15 is 0 Å². The highest BCUT2D eigenvalue weighted by molar-refractivity contribution is 5.11. The number of hydrogen-bond donors (Lipinski definition) is 0. The van der Waals surface area contributed by atoms with Gasteiger partial charge in [-0.2, -0.15) is 0 Å². The normalized spacial score (nSPS) is 19.2. The molecule has 0 spiro atoms. The SMILES string of the molecule is CN1CCCc2nnn(C)c2CC1. The van der Waals surface area contributed by atoms with Gasteiger partial charge < -0.3 is 4.90 Å². The highest BCUT2D eigenvalue weighted by atomic mass is 15.4. The summed E-state index contributed by atoms with van der Waals surface area (Å²) in [5.74, 6) is 0. The highest BCUT2D eigenvalue weighted by Gasteiger charge is 2.14. The molecule has 0 amide bonds. The van der Waals surface area contributed by atoms with Crippen LogP contribution in [0.2, 0.25) is 0 Å². The highest BCUT2D eigenvalue weighted by Crippen LogP contribution is 2.11. The Bertz CT molecular complexity index is 292. The lowest BCUT2D eigenvalue weighted by Gasteiger charge is -2.19. The van der Waals surface area contributed by atoms with Crippen LogP contribution in [0, 0.1) is 0 Å². The van der Waals surface area contributed by atoms with Gasteiger partial charge in [-0.25, -0.2) is 0 Å². The third-order valence-corrected chi connectivity index (χ3v) is 2.71. The molecule has 4 nitrogen and oxygen atoms in total. The topological polar surface area (TPSA) is 34.0 Å². The Morgan fingerprint density at radius 2 is 2.00 bits per heavy atom. The molecule has 0 unspecified atom stereocenters. The standard InChI is InChI=1S/C9H16N4/c1-12-6-3-4-8-9(5-7-12)13(2)11-10-8/h3-7H2,1-2H3. The fraction of sp³-hybridized carbons (Fsp3) is 0.778. The monoisotopic (exact) mass is 180 g/mol. The van der Waals surface area contributed by atoms with Crippen molar-refractivity contribution in [1.29, 1.82) is 0 Å². The number of likely N-dealkylation sites (N-methyl/N-ethyl adjacent to an activating group) is 1. The Balaban J connectivity index is 2.22. The summed E-state index contributed by atoms with van der Waals surface area (Å²) in [5.41, 5.74) is 2.52. The van der Waals surface area contributed by atoms with Crippen molar-refractivity contribution in [3.8, 4) is 0 Å². The van der Waals surface area contributed by atoms with Gasteiger partial charge in [0.05, 0.1) is 11.4 Å². The molecular formula is C9H16N4. The van der Waals surface area contributed by atoms with Crippen molar-refractivity contribution in [2.45, 2.75) is 19.3 Å². The van der Waals surface area contributed by atoms with Gasteiger partial charge in [0, 0.05) is 20.0 Å². The predicted octanol–water partition coefficient (Wildman–Crippen LogP) is 0.236. The molecule has 0 N–H and O–H groups in total. The van der Waals surface area contributed by atoms with Gasteiger partial charge in [0.15, 0.2) is 0 Å². The molecule has 72 valence electrons. The molecule has 0 radical (unpaired) electrons. The molecule has 0 aromatic carbocycles. The van der Waals surface area contributed by atoms with E-state index in [1.807, 2.05) is 11.7 Å². The average molecular weight is 180 g/mol. The number of nitrogens with zero attached hydrogens (tertiary/aromatic N) is 4. The first-order valence-electron chi connectivity index (χ1n) is 4.83. The third kappa shape index (κ3) is 1.72. The zero-order chi connectivity index (χ0) is 9.26. The van der Waals surface area contributed by atoms with E-state index < -0.39 is 0 Å². The molecular weight excluding hydrogens is 164 g/mol. The van der Waals surface area contributed by atoms with Gasteiger partial charge in [-0.15, -0.1) is 5.10 Å². The van der Waals surface area contributed by atoms with Crippen LogP contribution in [-0.4, -0.2) is 40.0 Å². The summed E-state index contributed by atoms with van der Waals surface area (Å²) in [4.78, 5) is 2.37. The summed E-state index contributed by atoms with van der Waals surface area (Å²) in [7, 11) is 4.15. The minimum absolute atomic E-state index is 1.08. The van der Waals surface area contributed by atoms with Crippen molar-refractivity contribution in [3.63, 3.8) is 0 Å². The van der Waals surface area contributed by atoms with Crippen molar-refractivity contribution >= 4 is 0 Å². The van der Waals surface area contributed by atoms with E-state index in [9.17, 15) is 0 Å². The first-order valence-corrected chi connectivity index (χ1v) is 4.83. The lowest BCUT2D eigenvalue weighted by Crippen LogP contribution is -2.25. The minimum Gasteiger partial charge on any atom is -0.306 e. The van der Waals surface area contributed by atoms with E-state index in [1.165, 1.54) is 24.4 Å². The van der Waals surface area contributed by atoms with Crippen LogP contribution >= 0.6 is 0 Å². The van der Waals surface area contributed by atoms with Crippen LogP contribution < -0.4 is 0 Å². The van der Waals surface area contributed by atoms with Gasteiger partial charge in [0.1, 0.15) is 0 Å². The van der Waals surface area contributed by atoms with E-state index in [-0.39, 0.29) is 0 Å². The molecule has 1 aromatic rings. The van der Waals surface area contributed by atoms with Crippen LogP contribution in [-0.2, 0) is 19.9 Å². The number of aromatic nitrogens is 3. The Hall–Kier alpha value is -0.900. The summed E-state index contributed by atoms with van der Waals surface area (Å²) in [6.07, 6.45) is 3.35.